The van der Waals surface area contributed by atoms with Gasteiger partial charge in [-0.25, -0.2) is 0 Å². The highest BCUT2D eigenvalue weighted by atomic mass is 32.1. The molecule has 0 spiro atoms. The molecular formula is C10H9F3OS. The lowest BCUT2D eigenvalue weighted by Crippen LogP contribution is -2.00. The fraction of sp³-hybridized carbons (Fsp3) is 0.500. The molecule has 1 nitrogen and oxygen atoms in total. The third-order valence-corrected chi connectivity index (χ3v) is 3.85. The van der Waals surface area contributed by atoms with E-state index >= 15 is 0 Å². The van der Waals surface area contributed by atoms with Crippen molar-refractivity contribution in [2.24, 2.45) is 0 Å². The quantitative estimate of drug-likeness (QED) is 0.725. The Morgan fingerprint density at radius 1 is 1.33 bits per heavy atom. The SMILES string of the molecule is O=C1CCC(c2ccc(C(F)(F)F)s2)C1. The van der Waals surface area contributed by atoms with Gasteiger partial charge in [-0.1, -0.05) is 0 Å². The Kier molecular flexibility index (Phi) is 2.58. The van der Waals surface area contributed by atoms with E-state index in [1.54, 1.807) is 0 Å². The van der Waals surface area contributed by atoms with Gasteiger partial charge >= 0.3 is 6.18 Å². The summed E-state index contributed by atoms with van der Waals surface area (Å²) >= 11 is 0.762. The zero-order valence-electron chi connectivity index (χ0n) is 7.80. The molecule has 1 aliphatic rings. The van der Waals surface area contributed by atoms with Crippen LogP contribution in [0.1, 0.15) is 34.9 Å². The van der Waals surface area contributed by atoms with E-state index in [1.165, 1.54) is 6.07 Å². The van der Waals surface area contributed by atoms with Crippen LogP contribution in [0.4, 0.5) is 13.2 Å². The Balaban J connectivity index is 2.17. The summed E-state index contributed by atoms with van der Waals surface area (Å²) in [7, 11) is 0. The molecule has 0 saturated heterocycles. The fourth-order valence-electron chi connectivity index (χ4n) is 1.78. The van der Waals surface area contributed by atoms with Gasteiger partial charge in [0.1, 0.15) is 10.7 Å². The number of alkyl halides is 3. The monoisotopic (exact) mass is 234 g/mol. The van der Waals surface area contributed by atoms with E-state index in [0.717, 1.165) is 17.4 Å². The molecule has 0 amide bonds. The second kappa shape index (κ2) is 3.63. The lowest BCUT2D eigenvalue weighted by Gasteiger charge is -2.04. The molecule has 82 valence electrons. The van der Waals surface area contributed by atoms with Crippen molar-refractivity contribution in [2.45, 2.75) is 31.4 Å². The minimum atomic E-state index is -4.26. The van der Waals surface area contributed by atoms with Gasteiger partial charge in [0.15, 0.2) is 0 Å². The number of Topliss-reactive ketones (excluding diaryl/α,β-unsaturated/α-hetero) is 1. The Morgan fingerprint density at radius 2 is 2.07 bits per heavy atom. The smallest absolute Gasteiger partial charge is 0.300 e. The fourth-order valence-corrected chi connectivity index (χ4v) is 2.79. The van der Waals surface area contributed by atoms with Crippen LogP contribution in [-0.2, 0) is 11.0 Å². The highest BCUT2D eigenvalue weighted by Crippen LogP contribution is 2.40. The lowest BCUT2D eigenvalue weighted by atomic mass is 10.1. The molecular weight excluding hydrogens is 225 g/mol. The zero-order valence-corrected chi connectivity index (χ0v) is 8.62. The molecule has 1 unspecified atom stereocenters. The van der Waals surface area contributed by atoms with Crippen molar-refractivity contribution in [3.63, 3.8) is 0 Å². The first-order chi connectivity index (χ1) is 6.97. The van der Waals surface area contributed by atoms with Crippen LogP contribution in [0.25, 0.3) is 0 Å². The second-order valence-electron chi connectivity index (χ2n) is 3.68. The van der Waals surface area contributed by atoms with Crippen LogP contribution >= 0.6 is 11.3 Å². The van der Waals surface area contributed by atoms with E-state index in [0.29, 0.717) is 24.1 Å². The maximum atomic E-state index is 12.3. The molecule has 1 aromatic heterocycles. The maximum Gasteiger partial charge on any atom is 0.425 e. The van der Waals surface area contributed by atoms with Gasteiger partial charge in [0, 0.05) is 23.6 Å². The summed E-state index contributed by atoms with van der Waals surface area (Å²) in [5.41, 5.74) is 0. The molecule has 1 atom stereocenters. The van der Waals surface area contributed by atoms with Gasteiger partial charge in [-0.05, 0) is 18.6 Å². The lowest BCUT2D eigenvalue weighted by molar-refractivity contribution is -0.134. The molecule has 1 aliphatic carbocycles. The van der Waals surface area contributed by atoms with Gasteiger partial charge in [0.05, 0.1) is 0 Å². The largest absolute Gasteiger partial charge is 0.425 e. The van der Waals surface area contributed by atoms with Crippen molar-refractivity contribution in [1.82, 2.24) is 0 Å². The summed E-state index contributed by atoms with van der Waals surface area (Å²) in [5.74, 6) is 0.167. The van der Waals surface area contributed by atoms with Crippen LogP contribution in [0.5, 0.6) is 0 Å². The van der Waals surface area contributed by atoms with E-state index in [2.05, 4.69) is 0 Å². The molecule has 1 heterocycles. The summed E-state index contributed by atoms with van der Waals surface area (Å²) in [6, 6.07) is 2.60. The van der Waals surface area contributed by atoms with Gasteiger partial charge < -0.3 is 0 Å². The van der Waals surface area contributed by atoms with Crippen molar-refractivity contribution < 1.29 is 18.0 Å². The van der Waals surface area contributed by atoms with Crippen molar-refractivity contribution >= 4 is 17.1 Å². The van der Waals surface area contributed by atoms with E-state index < -0.39 is 11.1 Å². The number of hydrogen-bond acceptors (Lipinski definition) is 2. The molecule has 15 heavy (non-hydrogen) atoms. The summed E-state index contributed by atoms with van der Waals surface area (Å²) in [5, 5.41) is 0. The van der Waals surface area contributed by atoms with Gasteiger partial charge in [0.25, 0.3) is 0 Å². The first-order valence-electron chi connectivity index (χ1n) is 4.65. The van der Waals surface area contributed by atoms with E-state index in [4.69, 9.17) is 0 Å². The van der Waals surface area contributed by atoms with Gasteiger partial charge in [0.2, 0.25) is 0 Å². The van der Waals surface area contributed by atoms with Crippen LogP contribution in [0, 0.1) is 0 Å². The second-order valence-corrected chi connectivity index (χ2v) is 4.79. The molecule has 0 N–H and O–H groups in total. The number of rotatable bonds is 1. The van der Waals surface area contributed by atoms with Gasteiger partial charge in [-0.3, -0.25) is 4.79 Å². The Hall–Kier alpha value is -0.840. The van der Waals surface area contributed by atoms with E-state index in [9.17, 15) is 18.0 Å². The minimum absolute atomic E-state index is 0.0126. The Bertz CT molecular complexity index is 380. The molecule has 0 aromatic carbocycles. The average molecular weight is 234 g/mol. The molecule has 0 bridgehead atoms. The average Bonchev–Trinajstić information content (AvgIpc) is 2.69. The first kappa shape index (κ1) is 10.7. The first-order valence-corrected chi connectivity index (χ1v) is 5.47. The van der Waals surface area contributed by atoms with Crippen molar-refractivity contribution in [3.05, 3.63) is 21.9 Å². The van der Waals surface area contributed by atoms with Crippen LogP contribution in [0.15, 0.2) is 12.1 Å². The van der Waals surface area contributed by atoms with Crippen LogP contribution in [0.3, 0.4) is 0 Å². The van der Waals surface area contributed by atoms with E-state index in [-0.39, 0.29) is 11.7 Å². The third-order valence-electron chi connectivity index (χ3n) is 2.55. The highest BCUT2D eigenvalue weighted by Gasteiger charge is 2.34. The number of ketones is 1. The zero-order chi connectivity index (χ0) is 11.1. The number of halogens is 3. The molecule has 1 aromatic rings. The topological polar surface area (TPSA) is 17.1 Å². The summed E-state index contributed by atoms with van der Waals surface area (Å²) < 4.78 is 36.9. The normalized spacial score (nSPS) is 22.3. The van der Waals surface area contributed by atoms with Crippen molar-refractivity contribution in [3.8, 4) is 0 Å². The van der Waals surface area contributed by atoms with E-state index in [1.807, 2.05) is 0 Å². The Labute approximate surface area is 88.9 Å². The summed E-state index contributed by atoms with van der Waals surface area (Å²) in [6.45, 7) is 0. The minimum Gasteiger partial charge on any atom is -0.300 e. The number of carbonyl (C=O) groups is 1. The molecule has 2 rings (SSSR count). The van der Waals surface area contributed by atoms with Crippen molar-refractivity contribution in [2.75, 3.05) is 0 Å². The molecule has 0 radical (unpaired) electrons. The number of carbonyl (C=O) groups excluding carboxylic acids is 1. The molecule has 1 fully saturated rings. The van der Waals surface area contributed by atoms with Gasteiger partial charge in [-0.15, -0.1) is 11.3 Å². The summed E-state index contributed by atoms with van der Waals surface area (Å²) in [6.07, 6.45) is -2.66. The molecule has 5 heteroatoms. The highest BCUT2D eigenvalue weighted by molar-refractivity contribution is 7.12. The maximum absolute atomic E-state index is 12.3. The predicted octanol–water partition coefficient (Wildman–Crippen LogP) is 3.60. The number of thiophene rings is 1. The molecule has 1 saturated carbocycles. The standard InChI is InChI=1S/C10H9F3OS/c11-10(12,13)9-4-3-8(15-9)6-1-2-7(14)5-6/h3-4,6H,1-2,5H2. The van der Waals surface area contributed by atoms with Crippen molar-refractivity contribution in [1.29, 1.82) is 0 Å². The predicted molar refractivity (Wildman–Crippen MR) is 50.9 cm³/mol. The number of hydrogen-bond donors (Lipinski definition) is 0. The van der Waals surface area contributed by atoms with Crippen LogP contribution < -0.4 is 0 Å². The summed E-state index contributed by atoms with van der Waals surface area (Å²) in [4.78, 5) is 11.1. The van der Waals surface area contributed by atoms with Crippen LogP contribution in [-0.4, -0.2) is 5.78 Å². The third kappa shape index (κ3) is 2.22. The van der Waals surface area contributed by atoms with Gasteiger partial charge in [-0.2, -0.15) is 13.2 Å². The van der Waals surface area contributed by atoms with Crippen LogP contribution in [0.2, 0.25) is 0 Å². The molecule has 0 aliphatic heterocycles. The Morgan fingerprint density at radius 3 is 2.53 bits per heavy atom.